The molecule has 1 fully saturated rings. The molecule has 0 amide bonds. The summed E-state index contributed by atoms with van der Waals surface area (Å²) < 4.78 is 42.2. The molecule has 0 aromatic carbocycles. The van der Waals surface area contributed by atoms with Crippen molar-refractivity contribution in [1.82, 2.24) is 5.32 Å². The molecule has 5 heteroatoms. The van der Waals surface area contributed by atoms with E-state index in [1.165, 1.54) is 0 Å². The van der Waals surface area contributed by atoms with E-state index in [1.807, 2.05) is 7.05 Å². The van der Waals surface area contributed by atoms with E-state index in [0.717, 1.165) is 39.3 Å². The van der Waals surface area contributed by atoms with Gasteiger partial charge in [-0.2, -0.15) is 13.2 Å². The summed E-state index contributed by atoms with van der Waals surface area (Å²) in [7, 11) is 3.06. The Bertz CT molecular complexity index is 212. The first-order valence-electron chi connectivity index (χ1n) is 6.21. The highest BCUT2D eigenvalue weighted by Gasteiger charge is 2.41. The number of methoxy groups -OCH3 is 1. The van der Waals surface area contributed by atoms with Crippen molar-refractivity contribution >= 4 is 0 Å². The molecule has 1 N–H and O–H groups in total. The monoisotopic (exact) mass is 253 g/mol. The van der Waals surface area contributed by atoms with Crippen LogP contribution in [-0.4, -0.2) is 33.0 Å². The maximum absolute atomic E-state index is 12.5. The third-order valence-electron chi connectivity index (χ3n) is 3.66. The Balaban J connectivity index is 2.34. The van der Waals surface area contributed by atoms with Crippen molar-refractivity contribution < 1.29 is 17.9 Å². The summed E-state index contributed by atoms with van der Waals surface area (Å²) in [4.78, 5) is 0. The second-order valence-corrected chi connectivity index (χ2v) is 4.95. The van der Waals surface area contributed by atoms with Crippen molar-refractivity contribution in [2.45, 2.75) is 44.4 Å². The number of rotatable bonds is 5. The topological polar surface area (TPSA) is 21.3 Å². The van der Waals surface area contributed by atoms with Crippen LogP contribution in [0.25, 0.3) is 0 Å². The molecule has 0 aromatic rings. The normalized spacial score (nSPS) is 28.1. The van der Waals surface area contributed by atoms with E-state index in [-0.39, 0.29) is 12.3 Å². The second kappa shape index (κ2) is 6.59. The molecule has 1 aliphatic carbocycles. The largest absolute Gasteiger partial charge is 0.414 e. The first kappa shape index (κ1) is 14.8. The van der Waals surface area contributed by atoms with Gasteiger partial charge in [0.2, 0.25) is 0 Å². The van der Waals surface area contributed by atoms with Crippen LogP contribution in [0, 0.1) is 11.8 Å². The van der Waals surface area contributed by atoms with Crippen LogP contribution in [0.4, 0.5) is 13.2 Å². The van der Waals surface area contributed by atoms with Crippen LogP contribution in [-0.2, 0) is 4.74 Å². The molecular weight excluding hydrogens is 231 g/mol. The zero-order valence-electron chi connectivity index (χ0n) is 10.5. The Morgan fingerprint density at radius 3 is 2.12 bits per heavy atom. The van der Waals surface area contributed by atoms with E-state index in [2.05, 4.69) is 10.1 Å². The minimum Gasteiger partial charge on any atom is -0.372 e. The maximum Gasteiger partial charge on any atom is 0.414 e. The molecule has 0 radical (unpaired) electrons. The van der Waals surface area contributed by atoms with Crippen LogP contribution >= 0.6 is 0 Å². The highest BCUT2D eigenvalue weighted by Crippen LogP contribution is 2.35. The van der Waals surface area contributed by atoms with Gasteiger partial charge in [-0.3, -0.25) is 0 Å². The van der Waals surface area contributed by atoms with Crippen molar-refractivity contribution in [1.29, 1.82) is 0 Å². The van der Waals surface area contributed by atoms with Gasteiger partial charge >= 0.3 is 6.18 Å². The third-order valence-corrected chi connectivity index (χ3v) is 3.66. The van der Waals surface area contributed by atoms with Crippen molar-refractivity contribution in [2.24, 2.45) is 11.8 Å². The first-order valence-corrected chi connectivity index (χ1v) is 6.21. The van der Waals surface area contributed by atoms with Crippen molar-refractivity contribution in [3.8, 4) is 0 Å². The summed E-state index contributed by atoms with van der Waals surface area (Å²) in [6.07, 6.45) is -1.86. The molecule has 1 aliphatic rings. The molecular formula is C12H22F3NO. The summed E-state index contributed by atoms with van der Waals surface area (Å²) in [5, 5.41) is 3.12. The zero-order valence-corrected chi connectivity index (χ0v) is 10.5. The van der Waals surface area contributed by atoms with Crippen molar-refractivity contribution in [3.05, 3.63) is 0 Å². The first-order chi connectivity index (χ1) is 7.97. The molecule has 0 bridgehead atoms. The number of nitrogens with one attached hydrogen (secondary N) is 1. The van der Waals surface area contributed by atoms with Gasteiger partial charge in [0.05, 0.1) is 0 Å². The van der Waals surface area contributed by atoms with E-state index in [0.29, 0.717) is 5.92 Å². The summed E-state index contributed by atoms with van der Waals surface area (Å²) in [5.41, 5.74) is 0. The molecule has 1 rings (SSSR count). The molecule has 102 valence electrons. The van der Waals surface area contributed by atoms with Crippen LogP contribution in [0.1, 0.15) is 32.1 Å². The van der Waals surface area contributed by atoms with Gasteiger partial charge in [0.1, 0.15) is 0 Å². The average molecular weight is 253 g/mol. The number of hydrogen-bond donors (Lipinski definition) is 1. The average Bonchev–Trinajstić information content (AvgIpc) is 2.27. The van der Waals surface area contributed by atoms with E-state index < -0.39 is 12.3 Å². The van der Waals surface area contributed by atoms with Gasteiger partial charge in [-0.15, -0.1) is 0 Å². The van der Waals surface area contributed by atoms with Crippen LogP contribution in [0.2, 0.25) is 0 Å². The predicted molar refractivity (Wildman–Crippen MR) is 60.8 cm³/mol. The lowest BCUT2D eigenvalue weighted by Gasteiger charge is -2.31. The van der Waals surface area contributed by atoms with Crippen LogP contribution in [0.5, 0.6) is 0 Å². The summed E-state index contributed by atoms with van der Waals surface area (Å²) >= 11 is 0. The standard InChI is InChI=1S/C12H22F3NO/c1-16-8-10-5-3-9(4-6-10)7-11(17-2)12(13,14)15/h9-11,16H,3-8H2,1-2H3. The van der Waals surface area contributed by atoms with Gasteiger partial charge in [-0.05, 0) is 44.7 Å². The summed E-state index contributed by atoms with van der Waals surface area (Å²) in [6.45, 7) is 0.972. The lowest BCUT2D eigenvalue weighted by molar-refractivity contribution is -0.218. The van der Waals surface area contributed by atoms with E-state index in [9.17, 15) is 13.2 Å². The Morgan fingerprint density at radius 1 is 1.18 bits per heavy atom. The Kier molecular flexibility index (Phi) is 5.73. The lowest BCUT2D eigenvalue weighted by atomic mass is 9.79. The van der Waals surface area contributed by atoms with E-state index >= 15 is 0 Å². The summed E-state index contributed by atoms with van der Waals surface area (Å²) in [5.74, 6) is 0.790. The van der Waals surface area contributed by atoms with Gasteiger partial charge < -0.3 is 10.1 Å². The van der Waals surface area contributed by atoms with E-state index in [1.54, 1.807) is 0 Å². The van der Waals surface area contributed by atoms with Crippen molar-refractivity contribution in [2.75, 3.05) is 20.7 Å². The van der Waals surface area contributed by atoms with Crippen LogP contribution in [0.3, 0.4) is 0 Å². The molecule has 1 atom stereocenters. The fourth-order valence-electron chi connectivity index (χ4n) is 2.63. The molecule has 1 unspecified atom stereocenters. The number of halogens is 3. The minimum absolute atomic E-state index is 0.117. The number of ether oxygens (including phenoxy) is 1. The highest BCUT2D eigenvalue weighted by atomic mass is 19.4. The second-order valence-electron chi connectivity index (χ2n) is 4.95. The van der Waals surface area contributed by atoms with Crippen LogP contribution < -0.4 is 5.32 Å². The predicted octanol–water partition coefficient (Wildman–Crippen LogP) is 2.98. The SMILES string of the molecule is CNCC1CCC(CC(OC)C(F)(F)F)CC1. The van der Waals surface area contributed by atoms with Crippen LogP contribution in [0.15, 0.2) is 0 Å². The van der Waals surface area contributed by atoms with E-state index in [4.69, 9.17) is 0 Å². The molecule has 2 nitrogen and oxygen atoms in total. The third kappa shape index (κ3) is 4.84. The molecule has 1 saturated carbocycles. The Labute approximate surface area is 101 Å². The zero-order chi connectivity index (χ0) is 12.9. The van der Waals surface area contributed by atoms with Crippen molar-refractivity contribution in [3.63, 3.8) is 0 Å². The molecule has 0 saturated heterocycles. The van der Waals surface area contributed by atoms with Gasteiger partial charge in [0.15, 0.2) is 6.10 Å². The van der Waals surface area contributed by atoms with Gasteiger partial charge in [0.25, 0.3) is 0 Å². The minimum atomic E-state index is -4.23. The smallest absolute Gasteiger partial charge is 0.372 e. The summed E-state index contributed by atoms with van der Waals surface area (Å²) in [6, 6.07) is 0. The van der Waals surface area contributed by atoms with Gasteiger partial charge in [-0.1, -0.05) is 12.8 Å². The van der Waals surface area contributed by atoms with Gasteiger partial charge in [-0.25, -0.2) is 0 Å². The lowest BCUT2D eigenvalue weighted by Crippen LogP contribution is -2.34. The fourth-order valence-corrected chi connectivity index (χ4v) is 2.63. The molecule has 0 aromatic heterocycles. The number of alkyl halides is 3. The Morgan fingerprint density at radius 2 is 1.71 bits per heavy atom. The quantitative estimate of drug-likeness (QED) is 0.813. The fraction of sp³-hybridized carbons (Fsp3) is 1.00. The molecule has 0 aliphatic heterocycles. The van der Waals surface area contributed by atoms with Gasteiger partial charge in [0, 0.05) is 7.11 Å². The number of hydrogen-bond acceptors (Lipinski definition) is 2. The Hall–Kier alpha value is -0.290. The maximum atomic E-state index is 12.5. The molecule has 17 heavy (non-hydrogen) atoms. The highest BCUT2D eigenvalue weighted by molar-refractivity contribution is 4.78. The molecule has 0 spiro atoms. The molecule has 0 heterocycles.